The Morgan fingerprint density at radius 3 is 2.44 bits per heavy atom. The molecule has 0 saturated heterocycles. The van der Waals surface area contributed by atoms with E-state index in [1.165, 1.54) is 0 Å². The molecule has 1 aliphatic rings. The maximum absolute atomic E-state index is 12.3. The number of oxazole rings is 1. The second kappa shape index (κ2) is 9.17. The standard InChI is InChI=1S/C26H25N3O5/c27-25-29-21-13-15(9-10-23(21)34-25)24(31)22(30)11-12-28-26(32)33-14-20-18-7-3-1-5-16(18)17-6-2-4-8-19(17)20/h1-10,13,20,22,24,30-31H,11-12,14H2,(H2,27,29)(H,28,32). The summed E-state index contributed by atoms with van der Waals surface area (Å²) in [6, 6.07) is 21.2. The highest BCUT2D eigenvalue weighted by Gasteiger charge is 2.29. The topological polar surface area (TPSA) is 131 Å². The number of amides is 1. The molecule has 34 heavy (non-hydrogen) atoms. The van der Waals surface area contributed by atoms with Crippen LogP contribution >= 0.6 is 0 Å². The largest absolute Gasteiger partial charge is 0.449 e. The third kappa shape index (κ3) is 4.21. The molecule has 2 atom stereocenters. The van der Waals surface area contributed by atoms with Crippen LogP contribution in [0.1, 0.15) is 35.1 Å². The van der Waals surface area contributed by atoms with Gasteiger partial charge in [0.25, 0.3) is 6.01 Å². The first kappa shape index (κ1) is 21.9. The van der Waals surface area contributed by atoms with Gasteiger partial charge in [0.1, 0.15) is 18.2 Å². The van der Waals surface area contributed by atoms with Gasteiger partial charge >= 0.3 is 6.09 Å². The maximum Gasteiger partial charge on any atom is 0.407 e. The summed E-state index contributed by atoms with van der Waals surface area (Å²) >= 11 is 0. The molecule has 8 heteroatoms. The number of anilines is 1. The summed E-state index contributed by atoms with van der Waals surface area (Å²) in [5, 5.41) is 23.5. The molecule has 8 nitrogen and oxygen atoms in total. The molecule has 1 amide bonds. The van der Waals surface area contributed by atoms with Crippen molar-refractivity contribution < 1.29 is 24.2 Å². The minimum atomic E-state index is -1.15. The Kier molecular flexibility index (Phi) is 5.91. The molecule has 5 N–H and O–H groups in total. The second-order valence-corrected chi connectivity index (χ2v) is 8.33. The Morgan fingerprint density at radius 1 is 1.06 bits per heavy atom. The molecule has 4 aromatic rings. The summed E-state index contributed by atoms with van der Waals surface area (Å²) < 4.78 is 10.7. The number of alkyl carbamates (subject to hydrolysis) is 1. The zero-order chi connectivity index (χ0) is 23.7. The zero-order valence-electron chi connectivity index (χ0n) is 18.3. The van der Waals surface area contributed by atoms with Crippen LogP contribution in [0.15, 0.2) is 71.1 Å². The summed E-state index contributed by atoms with van der Waals surface area (Å²) in [6.07, 6.45) is -2.66. The van der Waals surface area contributed by atoms with Crippen molar-refractivity contribution in [2.45, 2.75) is 24.5 Å². The molecule has 0 aliphatic heterocycles. The van der Waals surface area contributed by atoms with E-state index in [9.17, 15) is 15.0 Å². The summed E-state index contributed by atoms with van der Waals surface area (Å²) in [5.41, 5.74) is 11.6. The van der Waals surface area contributed by atoms with Crippen LogP contribution in [0.4, 0.5) is 10.8 Å². The smallest absolute Gasteiger partial charge is 0.407 e. The van der Waals surface area contributed by atoms with Crippen LogP contribution in [0.25, 0.3) is 22.2 Å². The molecule has 1 aliphatic carbocycles. The van der Waals surface area contributed by atoms with Crippen LogP contribution in [0.2, 0.25) is 0 Å². The van der Waals surface area contributed by atoms with Crippen LogP contribution < -0.4 is 11.1 Å². The van der Waals surface area contributed by atoms with Crippen LogP contribution in [-0.2, 0) is 4.74 Å². The van der Waals surface area contributed by atoms with Crippen molar-refractivity contribution in [2.24, 2.45) is 0 Å². The highest BCUT2D eigenvalue weighted by molar-refractivity contribution is 5.79. The Balaban J connectivity index is 1.13. The van der Waals surface area contributed by atoms with E-state index in [0.29, 0.717) is 16.7 Å². The average molecular weight is 460 g/mol. The van der Waals surface area contributed by atoms with E-state index in [1.807, 2.05) is 24.3 Å². The molecular weight excluding hydrogens is 434 g/mol. The number of aliphatic hydroxyl groups excluding tert-OH is 2. The van der Waals surface area contributed by atoms with Gasteiger partial charge in [0.15, 0.2) is 5.58 Å². The number of nitrogens with one attached hydrogen (secondary N) is 1. The van der Waals surface area contributed by atoms with Gasteiger partial charge in [-0.1, -0.05) is 54.6 Å². The number of rotatable bonds is 7. The predicted octanol–water partition coefficient (Wildman–Crippen LogP) is 3.73. The van der Waals surface area contributed by atoms with Crippen molar-refractivity contribution in [3.05, 3.63) is 83.4 Å². The number of hydrogen-bond acceptors (Lipinski definition) is 7. The quantitative estimate of drug-likeness (QED) is 0.331. The number of fused-ring (bicyclic) bond motifs is 4. The highest BCUT2D eigenvalue weighted by atomic mass is 16.5. The Labute approximate surface area is 196 Å². The van der Waals surface area contributed by atoms with Crippen molar-refractivity contribution in [1.29, 1.82) is 0 Å². The number of benzene rings is 3. The number of nitrogens with zero attached hydrogens (tertiary/aromatic N) is 1. The molecule has 0 saturated carbocycles. The van der Waals surface area contributed by atoms with Gasteiger partial charge in [0, 0.05) is 12.5 Å². The van der Waals surface area contributed by atoms with Crippen LogP contribution in [0.3, 0.4) is 0 Å². The number of carbonyl (C=O) groups excluding carboxylic acids is 1. The normalized spacial score (nSPS) is 14.4. The summed E-state index contributed by atoms with van der Waals surface area (Å²) in [6.45, 7) is 0.361. The molecule has 1 aromatic heterocycles. The van der Waals surface area contributed by atoms with Crippen molar-refractivity contribution in [3.8, 4) is 11.1 Å². The van der Waals surface area contributed by atoms with Gasteiger partial charge in [-0.05, 0) is 46.4 Å². The van der Waals surface area contributed by atoms with Gasteiger partial charge in [-0.3, -0.25) is 0 Å². The molecule has 0 spiro atoms. The minimum absolute atomic E-state index is 0.0222. The molecule has 174 valence electrons. The molecular formula is C26H25N3O5. The first-order chi connectivity index (χ1) is 16.5. The maximum atomic E-state index is 12.3. The molecule has 0 bridgehead atoms. The second-order valence-electron chi connectivity index (χ2n) is 8.33. The van der Waals surface area contributed by atoms with Gasteiger partial charge < -0.3 is 30.4 Å². The Morgan fingerprint density at radius 2 is 1.74 bits per heavy atom. The van der Waals surface area contributed by atoms with E-state index in [0.717, 1.165) is 22.3 Å². The molecule has 3 aromatic carbocycles. The van der Waals surface area contributed by atoms with E-state index in [4.69, 9.17) is 14.9 Å². The van der Waals surface area contributed by atoms with Crippen molar-refractivity contribution >= 4 is 23.2 Å². The fourth-order valence-electron chi connectivity index (χ4n) is 4.50. The molecule has 0 fully saturated rings. The molecule has 5 rings (SSSR count). The summed E-state index contributed by atoms with van der Waals surface area (Å²) in [4.78, 5) is 16.3. The first-order valence-corrected chi connectivity index (χ1v) is 11.1. The fraction of sp³-hybridized carbons (Fsp3) is 0.231. The minimum Gasteiger partial charge on any atom is -0.449 e. The SMILES string of the molecule is Nc1nc2cc(C(O)C(O)CCNC(=O)OCC3c4ccccc4-c4ccccc43)ccc2o1. The van der Waals surface area contributed by atoms with Gasteiger partial charge in [-0.25, -0.2) is 4.79 Å². The number of hydrogen-bond donors (Lipinski definition) is 4. The zero-order valence-corrected chi connectivity index (χ0v) is 18.3. The number of aliphatic hydroxyl groups is 2. The van der Waals surface area contributed by atoms with E-state index in [2.05, 4.69) is 34.6 Å². The van der Waals surface area contributed by atoms with E-state index in [-0.39, 0.29) is 31.5 Å². The third-order valence-electron chi connectivity index (χ3n) is 6.19. The van der Waals surface area contributed by atoms with Gasteiger partial charge in [0.05, 0.1) is 6.10 Å². The van der Waals surface area contributed by atoms with Crippen molar-refractivity contribution in [2.75, 3.05) is 18.9 Å². The first-order valence-electron chi connectivity index (χ1n) is 11.1. The Hall–Kier alpha value is -3.88. The van der Waals surface area contributed by atoms with Crippen LogP contribution in [0.5, 0.6) is 0 Å². The van der Waals surface area contributed by atoms with Gasteiger partial charge in [-0.15, -0.1) is 0 Å². The van der Waals surface area contributed by atoms with Gasteiger partial charge in [0.2, 0.25) is 0 Å². The number of nitrogens with two attached hydrogens (primary N) is 1. The number of ether oxygens (including phenoxy) is 1. The summed E-state index contributed by atoms with van der Waals surface area (Å²) in [7, 11) is 0. The van der Waals surface area contributed by atoms with Crippen LogP contribution in [-0.4, -0.2) is 40.5 Å². The van der Waals surface area contributed by atoms with Crippen LogP contribution in [0, 0.1) is 0 Å². The number of nitrogen functional groups attached to an aromatic ring is 1. The lowest BCUT2D eigenvalue weighted by atomic mass is 9.98. The molecule has 1 heterocycles. The lowest BCUT2D eigenvalue weighted by Crippen LogP contribution is -2.30. The Bertz CT molecular complexity index is 1290. The highest BCUT2D eigenvalue weighted by Crippen LogP contribution is 2.44. The fourth-order valence-corrected chi connectivity index (χ4v) is 4.50. The monoisotopic (exact) mass is 459 g/mol. The van der Waals surface area contributed by atoms with E-state index >= 15 is 0 Å². The number of aromatic nitrogens is 1. The lowest BCUT2D eigenvalue weighted by Gasteiger charge is -2.19. The average Bonchev–Trinajstić information content (AvgIpc) is 3.38. The summed E-state index contributed by atoms with van der Waals surface area (Å²) in [5.74, 6) is -0.0222. The van der Waals surface area contributed by atoms with Gasteiger partial charge in [-0.2, -0.15) is 4.98 Å². The lowest BCUT2D eigenvalue weighted by molar-refractivity contribution is 0.0137. The van der Waals surface area contributed by atoms with E-state index < -0.39 is 18.3 Å². The molecule has 2 unspecified atom stereocenters. The molecule has 0 radical (unpaired) electrons. The van der Waals surface area contributed by atoms with Crippen molar-refractivity contribution in [1.82, 2.24) is 10.3 Å². The predicted molar refractivity (Wildman–Crippen MR) is 127 cm³/mol. The van der Waals surface area contributed by atoms with Crippen molar-refractivity contribution in [3.63, 3.8) is 0 Å². The number of carbonyl (C=O) groups is 1. The van der Waals surface area contributed by atoms with E-state index in [1.54, 1.807) is 18.2 Å². The third-order valence-corrected chi connectivity index (χ3v) is 6.19.